The van der Waals surface area contributed by atoms with E-state index in [4.69, 9.17) is 13.7 Å². The summed E-state index contributed by atoms with van der Waals surface area (Å²) in [5.41, 5.74) is -5.39. The summed E-state index contributed by atoms with van der Waals surface area (Å²) in [5.74, 6) is -2.64. The zero-order valence-electron chi connectivity index (χ0n) is 21.5. The summed E-state index contributed by atoms with van der Waals surface area (Å²) in [6, 6.07) is 0. The summed E-state index contributed by atoms with van der Waals surface area (Å²) in [6.45, 7) is 7.99. The van der Waals surface area contributed by atoms with Crippen LogP contribution in [0.5, 0.6) is 0 Å². The van der Waals surface area contributed by atoms with Crippen LogP contribution in [0.25, 0.3) is 0 Å². The van der Waals surface area contributed by atoms with Gasteiger partial charge in [-0.25, -0.2) is 0 Å². The number of fused-ring (bicyclic) bond motifs is 5. The van der Waals surface area contributed by atoms with Crippen molar-refractivity contribution < 1.29 is 99.4 Å². The number of aliphatic hydroxyl groups excluding tert-OH is 1. The summed E-state index contributed by atoms with van der Waals surface area (Å²) >= 11 is -3.31. The summed E-state index contributed by atoms with van der Waals surface area (Å²) in [4.78, 5) is 14.4. The maximum absolute atomic E-state index is 14.4. The quantitative estimate of drug-likeness (QED) is 0.366. The van der Waals surface area contributed by atoms with Crippen molar-refractivity contribution in [3.63, 3.8) is 0 Å². The molecule has 3 aliphatic carbocycles. The van der Waals surface area contributed by atoms with Crippen LogP contribution in [0, 0.1) is 66.7 Å². The van der Waals surface area contributed by atoms with Crippen molar-refractivity contribution in [1.29, 1.82) is 0 Å². The van der Waals surface area contributed by atoms with Gasteiger partial charge in [0.2, 0.25) is 0 Å². The molecule has 14 heteroatoms. The molecule has 3 fully saturated rings. The van der Waals surface area contributed by atoms with Crippen molar-refractivity contribution >= 4 is 17.1 Å². The van der Waals surface area contributed by atoms with Gasteiger partial charge in [-0.1, -0.05) is 20.8 Å². The zero-order chi connectivity index (χ0) is 27.2. The largest absolute Gasteiger partial charge is 0.537 e. The van der Waals surface area contributed by atoms with Gasteiger partial charge in [0.1, 0.15) is 11.7 Å². The number of hydrogen-bond acceptors (Lipinski definition) is 9. The first-order valence-electron chi connectivity index (χ1n) is 11.7. The third-order valence-electron chi connectivity index (χ3n) is 9.42. The smallest absolute Gasteiger partial charge is 0.389 e. The maximum atomic E-state index is 14.4. The number of rotatable bonds is 4. The molecule has 0 amide bonds. The van der Waals surface area contributed by atoms with E-state index in [1.165, 1.54) is 14.0 Å². The van der Waals surface area contributed by atoms with Crippen molar-refractivity contribution in [3.05, 3.63) is 11.1 Å². The standard InChI is InChI=1S/C23H33F3O9S.Ac/c1-10-12(27)8-22(30)11(2)17-20(5,18(28)16(32-6)15(10)19(22,3)4)13(7-14-21(17,29)9-33-14)34-36(31)35-23(24,25)26;/h11-14,16-17,27,29-30H,7-9H2,1-6H3;/t11-,12?,13?,14?,16?,17?,20+,21?,22?,36?;/m0./s1. The molecule has 37 heavy (non-hydrogen) atoms. The second-order valence-electron chi connectivity index (χ2n) is 11.2. The van der Waals surface area contributed by atoms with Crippen LogP contribution in [-0.4, -0.2) is 81.0 Å². The van der Waals surface area contributed by atoms with E-state index in [2.05, 4.69) is 4.18 Å². The van der Waals surface area contributed by atoms with Crippen molar-refractivity contribution in [1.82, 2.24) is 0 Å². The van der Waals surface area contributed by atoms with E-state index in [9.17, 15) is 37.5 Å². The molecule has 10 atom stereocenters. The number of carbonyl (C=O) groups is 1. The number of Topliss-reactive ketones (excluding diaryl/α,β-unsaturated/α-hetero) is 1. The maximum Gasteiger partial charge on any atom is 0.537 e. The number of ether oxygens (including phenoxy) is 2. The van der Waals surface area contributed by atoms with E-state index in [0.717, 1.165) is 0 Å². The van der Waals surface area contributed by atoms with E-state index < -0.39 is 81.8 Å². The molecule has 2 bridgehead atoms. The number of aliphatic hydroxyl groups is 3. The Hall–Kier alpha value is 0.512. The number of methoxy groups -OCH3 is 1. The molecule has 4 rings (SSSR count). The first-order valence-corrected chi connectivity index (χ1v) is 12.7. The molecule has 1 aliphatic heterocycles. The number of halogens is 3. The Bertz CT molecular complexity index is 1010. The van der Waals surface area contributed by atoms with Gasteiger partial charge in [-0.05, 0) is 30.9 Å². The molecule has 4 aliphatic rings. The molecule has 1 heterocycles. The van der Waals surface area contributed by atoms with Crippen LogP contribution < -0.4 is 0 Å². The van der Waals surface area contributed by atoms with E-state index in [1.807, 2.05) is 0 Å². The van der Waals surface area contributed by atoms with Gasteiger partial charge in [-0.2, -0.15) is 8.39 Å². The van der Waals surface area contributed by atoms with Gasteiger partial charge in [-0.15, -0.1) is 13.2 Å². The fourth-order valence-corrected chi connectivity index (χ4v) is 8.16. The average Bonchev–Trinajstić information content (AvgIpc) is 2.74. The van der Waals surface area contributed by atoms with E-state index in [0.29, 0.717) is 11.1 Å². The van der Waals surface area contributed by atoms with Gasteiger partial charge in [0.15, 0.2) is 5.78 Å². The second-order valence-corrected chi connectivity index (χ2v) is 12.0. The molecule has 0 aromatic rings. The molecule has 3 N–H and O–H groups in total. The van der Waals surface area contributed by atoms with Gasteiger partial charge in [0, 0.05) is 75.3 Å². The molecule has 1 radical (unpaired) electrons. The molecule has 9 nitrogen and oxygen atoms in total. The Kier molecular flexibility index (Phi) is 8.75. The summed E-state index contributed by atoms with van der Waals surface area (Å²) in [6.07, 6.45) is -10.4. The molecule has 0 aromatic heterocycles. The van der Waals surface area contributed by atoms with E-state index in [1.54, 1.807) is 27.7 Å². The minimum Gasteiger partial charge on any atom is -0.389 e. The third kappa shape index (κ3) is 4.57. The minimum atomic E-state index is -5.25. The van der Waals surface area contributed by atoms with Crippen LogP contribution in [0.1, 0.15) is 47.5 Å². The summed E-state index contributed by atoms with van der Waals surface area (Å²) in [5, 5.41) is 34.9. The van der Waals surface area contributed by atoms with Gasteiger partial charge >= 0.3 is 17.7 Å². The van der Waals surface area contributed by atoms with Crippen molar-refractivity contribution in [2.45, 2.75) is 89.4 Å². The fourth-order valence-electron chi connectivity index (χ4n) is 7.50. The molecule has 8 unspecified atom stereocenters. The third-order valence-corrected chi connectivity index (χ3v) is 10.1. The van der Waals surface area contributed by atoms with E-state index >= 15 is 0 Å². The molecule has 0 aromatic carbocycles. The predicted molar refractivity (Wildman–Crippen MR) is 118 cm³/mol. The van der Waals surface area contributed by atoms with Gasteiger partial charge in [0.25, 0.3) is 0 Å². The molecule has 0 spiro atoms. The summed E-state index contributed by atoms with van der Waals surface area (Å²) in [7, 11) is 1.27. The SMILES string of the molecule is COC1C(=O)[C@]2(C)C(OS(=O)OC(F)(F)F)CC3OCC3(O)C2[C@H](C)C2(O)CC(O)C(C)=C1C2(C)C.[Ac]. The summed E-state index contributed by atoms with van der Waals surface area (Å²) < 4.78 is 70.3. The molecule has 1 saturated heterocycles. The molecule has 2 saturated carbocycles. The van der Waals surface area contributed by atoms with Gasteiger partial charge in [0.05, 0.1) is 35.9 Å². The fraction of sp³-hybridized carbons (Fsp3) is 0.870. The van der Waals surface area contributed by atoms with Gasteiger partial charge < -0.3 is 24.8 Å². The van der Waals surface area contributed by atoms with Crippen LogP contribution in [0.2, 0.25) is 0 Å². The average molecular weight is 770 g/mol. The molecular formula is C23H33AcF3O9S. The number of carbonyl (C=O) groups excluding carboxylic acids is 1. The normalized spacial score (nSPS) is 46.0. The second kappa shape index (κ2) is 10.1. The Morgan fingerprint density at radius 2 is 1.78 bits per heavy atom. The van der Waals surface area contributed by atoms with Crippen LogP contribution in [-0.2, 0) is 34.0 Å². The first kappa shape index (κ1) is 32.0. The first-order chi connectivity index (χ1) is 16.4. The van der Waals surface area contributed by atoms with Crippen molar-refractivity contribution in [3.8, 4) is 0 Å². The monoisotopic (exact) mass is 769 g/mol. The zero-order valence-corrected chi connectivity index (χ0v) is 27.1. The van der Waals surface area contributed by atoms with Crippen LogP contribution >= 0.6 is 0 Å². The number of hydrogen-bond donors (Lipinski definition) is 3. The molecular weight excluding hydrogens is 736 g/mol. The predicted octanol–water partition coefficient (Wildman–Crippen LogP) is 1.71. The van der Waals surface area contributed by atoms with E-state index in [-0.39, 0.29) is 63.5 Å². The topological polar surface area (TPSA) is 132 Å². The Morgan fingerprint density at radius 1 is 1.19 bits per heavy atom. The minimum absolute atomic E-state index is 0. The molecule has 209 valence electrons. The van der Waals surface area contributed by atoms with Crippen LogP contribution in [0.4, 0.5) is 13.2 Å². The van der Waals surface area contributed by atoms with Crippen molar-refractivity contribution in [2.75, 3.05) is 13.7 Å². The van der Waals surface area contributed by atoms with Gasteiger partial charge in [-0.3, -0.25) is 8.98 Å². The Balaban J connectivity index is 0.00000380. The Morgan fingerprint density at radius 3 is 2.27 bits per heavy atom. The van der Waals surface area contributed by atoms with Crippen LogP contribution in [0.3, 0.4) is 0 Å². The van der Waals surface area contributed by atoms with Crippen LogP contribution in [0.15, 0.2) is 11.1 Å². The number of alkyl halides is 3. The Labute approximate surface area is 251 Å². The van der Waals surface area contributed by atoms with Crippen molar-refractivity contribution in [2.24, 2.45) is 22.7 Å². The number of ketones is 1.